The van der Waals surface area contributed by atoms with Crippen molar-refractivity contribution in [1.82, 2.24) is 4.90 Å². The van der Waals surface area contributed by atoms with E-state index < -0.39 is 0 Å². The highest BCUT2D eigenvalue weighted by atomic mass is 16.3. The SMILES string of the molecule is C[C@@H]1CN(C)CC[C@H]1O. The van der Waals surface area contributed by atoms with E-state index in [1.807, 2.05) is 0 Å². The molecule has 0 amide bonds. The highest BCUT2D eigenvalue weighted by Crippen LogP contribution is 2.14. The van der Waals surface area contributed by atoms with Gasteiger partial charge in [0, 0.05) is 13.1 Å². The molecule has 0 unspecified atom stereocenters. The lowest BCUT2D eigenvalue weighted by Crippen LogP contribution is -2.39. The zero-order chi connectivity index (χ0) is 6.85. The molecule has 1 fully saturated rings. The average molecular weight is 129 g/mol. The molecule has 0 spiro atoms. The molecule has 0 bridgehead atoms. The lowest BCUT2D eigenvalue weighted by molar-refractivity contribution is 0.0451. The van der Waals surface area contributed by atoms with Crippen molar-refractivity contribution >= 4 is 0 Å². The van der Waals surface area contributed by atoms with Crippen molar-refractivity contribution in [3.05, 3.63) is 0 Å². The molecule has 1 saturated heterocycles. The first-order chi connectivity index (χ1) is 4.20. The molecule has 0 saturated carbocycles. The molecular formula is C7H15NO. The fourth-order valence-electron chi connectivity index (χ4n) is 1.34. The summed E-state index contributed by atoms with van der Waals surface area (Å²) in [5.41, 5.74) is 0. The van der Waals surface area contributed by atoms with Crippen LogP contribution in [0.15, 0.2) is 0 Å². The van der Waals surface area contributed by atoms with Crippen LogP contribution >= 0.6 is 0 Å². The van der Waals surface area contributed by atoms with Crippen molar-refractivity contribution in [2.24, 2.45) is 5.92 Å². The minimum Gasteiger partial charge on any atom is -0.393 e. The summed E-state index contributed by atoms with van der Waals surface area (Å²) in [7, 11) is 2.10. The van der Waals surface area contributed by atoms with Crippen LogP contribution in [0.5, 0.6) is 0 Å². The van der Waals surface area contributed by atoms with Crippen LogP contribution in [0.25, 0.3) is 0 Å². The zero-order valence-corrected chi connectivity index (χ0v) is 6.17. The predicted molar refractivity (Wildman–Crippen MR) is 37.3 cm³/mol. The van der Waals surface area contributed by atoms with Crippen molar-refractivity contribution in [1.29, 1.82) is 0 Å². The van der Waals surface area contributed by atoms with Gasteiger partial charge in [0.2, 0.25) is 0 Å². The molecule has 2 atom stereocenters. The lowest BCUT2D eigenvalue weighted by atomic mass is 9.97. The van der Waals surface area contributed by atoms with Crippen LogP contribution in [0, 0.1) is 5.92 Å². The van der Waals surface area contributed by atoms with Gasteiger partial charge in [-0.2, -0.15) is 0 Å². The van der Waals surface area contributed by atoms with Crippen molar-refractivity contribution in [3.8, 4) is 0 Å². The van der Waals surface area contributed by atoms with Gasteiger partial charge in [0.05, 0.1) is 6.10 Å². The van der Waals surface area contributed by atoms with Gasteiger partial charge in [-0.25, -0.2) is 0 Å². The number of likely N-dealkylation sites (tertiary alicyclic amines) is 1. The van der Waals surface area contributed by atoms with E-state index in [9.17, 15) is 5.11 Å². The number of aliphatic hydroxyl groups is 1. The molecule has 1 heterocycles. The third-order valence-corrected chi connectivity index (χ3v) is 2.06. The van der Waals surface area contributed by atoms with Crippen molar-refractivity contribution in [3.63, 3.8) is 0 Å². The second-order valence-corrected chi connectivity index (χ2v) is 3.10. The van der Waals surface area contributed by atoms with E-state index in [0.29, 0.717) is 5.92 Å². The number of nitrogens with zero attached hydrogens (tertiary/aromatic N) is 1. The summed E-state index contributed by atoms with van der Waals surface area (Å²) in [6.45, 7) is 4.19. The fraction of sp³-hybridized carbons (Fsp3) is 1.00. The molecule has 1 aliphatic rings. The summed E-state index contributed by atoms with van der Waals surface area (Å²) >= 11 is 0. The van der Waals surface area contributed by atoms with Gasteiger partial charge in [0.1, 0.15) is 0 Å². The molecular weight excluding hydrogens is 114 g/mol. The number of piperidine rings is 1. The summed E-state index contributed by atoms with van der Waals surface area (Å²) in [5.74, 6) is 0.462. The molecule has 54 valence electrons. The molecule has 2 nitrogen and oxygen atoms in total. The first-order valence-corrected chi connectivity index (χ1v) is 3.57. The fourth-order valence-corrected chi connectivity index (χ4v) is 1.34. The Bertz CT molecular complexity index is 94.9. The highest BCUT2D eigenvalue weighted by molar-refractivity contribution is 4.74. The Morgan fingerprint density at radius 1 is 1.56 bits per heavy atom. The Balaban J connectivity index is 2.35. The summed E-state index contributed by atoms with van der Waals surface area (Å²) in [5, 5.41) is 9.27. The predicted octanol–water partition coefficient (Wildman–Crippen LogP) is 0.319. The van der Waals surface area contributed by atoms with Crippen molar-refractivity contribution < 1.29 is 5.11 Å². The molecule has 0 radical (unpaired) electrons. The maximum Gasteiger partial charge on any atom is 0.0590 e. The Morgan fingerprint density at radius 2 is 2.22 bits per heavy atom. The van der Waals surface area contributed by atoms with Gasteiger partial charge in [0.25, 0.3) is 0 Å². The molecule has 9 heavy (non-hydrogen) atoms. The van der Waals surface area contributed by atoms with E-state index in [-0.39, 0.29) is 6.10 Å². The van der Waals surface area contributed by atoms with E-state index >= 15 is 0 Å². The van der Waals surface area contributed by atoms with Crippen LogP contribution in [0.4, 0.5) is 0 Å². The Labute approximate surface area is 56.5 Å². The maximum absolute atomic E-state index is 9.27. The topological polar surface area (TPSA) is 23.5 Å². The highest BCUT2D eigenvalue weighted by Gasteiger charge is 2.21. The van der Waals surface area contributed by atoms with Gasteiger partial charge in [0.15, 0.2) is 0 Å². The molecule has 0 aromatic carbocycles. The summed E-state index contributed by atoms with van der Waals surface area (Å²) in [4.78, 5) is 2.26. The maximum atomic E-state index is 9.27. The molecule has 2 heteroatoms. The minimum absolute atomic E-state index is 0.0544. The van der Waals surface area contributed by atoms with Crippen LogP contribution in [0.2, 0.25) is 0 Å². The smallest absolute Gasteiger partial charge is 0.0590 e. The van der Waals surface area contributed by atoms with Gasteiger partial charge < -0.3 is 10.0 Å². The van der Waals surface area contributed by atoms with E-state index in [1.165, 1.54) is 0 Å². The largest absolute Gasteiger partial charge is 0.393 e. The summed E-state index contributed by atoms with van der Waals surface area (Å²) < 4.78 is 0. The van der Waals surface area contributed by atoms with Crippen LogP contribution in [0.3, 0.4) is 0 Å². The van der Waals surface area contributed by atoms with Crippen molar-refractivity contribution in [2.75, 3.05) is 20.1 Å². The minimum atomic E-state index is -0.0544. The third kappa shape index (κ3) is 1.66. The number of rotatable bonds is 0. The van der Waals surface area contributed by atoms with E-state index in [0.717, 1.165) is 19.5 Å². The Hall–Kier alpha value is -0.0800. The molecule has 0 aliphatic carbocycles. The standard InChI is InChI=1S/C7H15NO/c1-6-5-8(2)4-3-7(6)9/h6-7,9H,3-5H2,1-2H3/t6-,7-/m1/s1. The summed E-state index contributed by atoms with van der Waals surface area (Å²) in [6.07, 6.45) is 0.888. The number of hydrogen-bond donors (Lipinski definition) is 1. The van der Waals surface area contributed by atoms with Crippen LogP contribution in [-0.2, 0) is 0 Å². The summed E-state index contributed by atoms with van der Waals surface area (Å²) in [6, 6.07) is 0. The molecule has 0 aromatic rings. The number of hydrogen-bond acceptors (Lipinski definition) is 2. The van der Waals surface area contributed by atoms with E-state index in [1.54, 1.807) is 0 Å². The monoisotopic (exact) mass is 129 g/mol. The van der Waals surface area contributed by atoms with Crippen LogP contribution < -0.4 is 0 Å². The first kappa shape index (κ1) is 7.03. The van der Waals surface area contributed by atoms with Crippen LogP contribution in [0.1, 0.15) is 13.3 Å². The van der Waals surface area contributed by atoms with Gasteiger partial charge in [-0.3, -0.25) is 0 Å². The van der Waals surface area contributed by atoms with Gasteiger partial charge in [-0.1, -0.05) is 6.92 Å². The Morgan fingerprint density at radius 3 is 2.67 bits per heavy atom. The van der Waals surface area contributed by atoms with Gasteiger partial charge >= 0.3 is 0 Å². The van der Waals surface area contributed by atoms with Crippen molar-refractivity contribution in [2.45, 2.75) is 19.4 Å². The Kier molecular flexibility index (Phi) is 2.09. The second-order valence-electron chi connectivity index (χ2n) is 3.10. The van der Waals surface area contributed by atoms with Crippen LogP contribution in [-0.4, -0.2) is 36.2 Å². The number of aliphatic hydroxyl groups excluding tert-OH is 1. The second kappa shape index (κ2) is 2.67. The van der Waals surface area contributed by atoms with Gasteiger partial charge in [-0.15, -0.1) is 0 Å². The average Bonchev–Trinajstić information content (AvgIpc) is 1.80. The van der Waals surface area contributed by atoms with Gasteiger partial charge in [-0.05, 0) is 19.4 Å². The quantitative estimate of drug-likeness (QED) is 0.509. The zero-order valence-electron chi connectivity index (χ0n) is 6.17. The lowest BCUT2D eigenvalue weighted by Gasteiger charge is -2.31. The first-order valence-electron chi connectivity index (χ1n) is 3.57. The molecule has 1 aliphatic heterocycles. The normalized spacial score (nSPS) is 39.0. The molecule has 1 rings (SSSR count). The van der Waals surface area contributed by atoms with E-state index in [4.69, 9.17) is 0 Å². The van der Waals surface area contributed by atoms with E-state index in [2.05, 4.69) is 18.9 Å². The molecule has 0 aromatic heterocycles. The molecule has 1 N–H and O–H groups in total. The third-order valence-electron chi connectivity index (χ3n) is 2.06.